The number of nitrogens with one attached hydrogen (secondary N) is 1. The van der Waals surface area contributed by atoms with Gasteiger partial charge in [0.2, 0.25) is 0 Å². The number of aliphatic hydroxyl groups excluding tert-OH is 1. The highest BCUT2D eigenvalue weighted by Gasteiger charge is 2.16. The van der Waals surface area contributed by atoms with E-state index in [1.54, 1.807) is 7.11 Å². The molecule has 0 spiro atoms. The molecule has 2 rings (SSSR count). The van der Waals surface area contributed by atoms with Gasteiger partial charge in [0, 0.05) is 18.0 Å². The maximum Gasteiger partial charge on any atom is 0.176 e. The second kappa shape index (κ2) is 6.77. The van der Waals surface area contributed by atoms with Crippen LogP contribution in [0.15, 0.2) is 28.7 Å². The molecule has 0 aliphatic carbocycles. The minimum atomic E-state index is 0.101. The quantitative estimate of drug-likeness (QED) is 0.815. The Labute approximate surface area is 119 Å². The average molecular weight is 277 g/mol. The van der Waals surface area contributed by atoms with Gasteiger partial charge in [-0.05, 0) is 31.9 Å². The largest absolute Gasteiger partial charge is 0.493 e. The summed E-state index contributed by atoms with van der Waals surface area (Å²) < 4.78 is 11.2. The molecule has 1 aromatic carbocycles. The third-order valence-electron chi connectivity index (χ3n) is 3.63. The molecule has 0 aliphatic heterocycles. The van der Waals surface area contributed by atoms with E-state index >= 15 is 0 Å². The van der Waals surface area contributed by atoms with E-state index in [4.69, 9.17) is 14.3 Å². The van der Waals surface area contributed by atoms with Crippen molar-refractivity contribution < 1.29 is 14.3 Å². The van der Waals surface area contributed by atoms with Crippen LogP contribution in [0.1, 0.15) is 38.5 Å². The van der Waals surface area contributed by atoms with E-state index in [0.29, 0.717) is 6.04 Å². The molecule has 2 N–H and O–H groups in total. The zero-order valence-corrected chi connectivity index (χ0v) is 12.3. The summed E-state index contributed by atoms with van der Waals surface area (Å²) >= 11 is 0. The van der Waals surface area contributed by atoms with E-state index in [-0.39, 0.29) is 12.6 Å². The minimum absolute atomic E-state index is 0.101. The molecule has 2 unspecified atom stereocenters. The predicted octanol–water partition coefficient (Wildman–Crippen LogP) is 3.25. The van der Waals surface area contributed by atoms with Gasteiger partial charge in [0.25, 0.3) is 0 Å². The highest BCUT2D eigenvalue weighted by molar-refractivity contribution is 5.83. The molecule has 2 aromatic rings. The van der Waals surface area contributed by atoms with Crippen LogP contribution >= 0.6 is 0 Å². The fourth-order valence-electron chi connectivity index (χ4n) is 2.43. The van der Waals surface area contributed by atoms with Crippen LogP contribution in [-0.2, 0) is 0 Å². The third-order valence-corrected chi connectivity index (χ3v) is 3.63. The van der Waals surface area contributed by atoms with Gasteiger partial charge in [-0.2, -0.15) is 0 Å². The van der Waals surface area contributed by atoms with Crippen molar-refractivity contribution in [1.82, 2.24) is 5.32 Å². The molecule has 1 heterocycles. The highest BCUT2D eigenvalue weighted by atomic mass is 16.5. The molecule has 0 saturated carbocycles. The van der Waals surface area contributed by atoms with Gasteiger partial charge in [0.05, 0.1) is 13.2 Å². The van der Waals surface area contributed by atoms with Crippen molar-refractivity contribution in [3.05, 3.63) is 30.0 Å². The lowest BCUT2D eigenvalue weighted by atomic mass is 10.1. The van der Waals surface area contributed by atoms with Gasteiger partial charge in [-0.25, -0.2) is 0 Å². The summed E-state index contributed by atoms with van der Waals surface area (Å²) in [6, 6.07) is 8.31. The van der Waals surface area contributed by atoms with Crippen LogP contribution in [0, 0.1) is 0 Å². The second-order valence-corrected chi connectivity index (χ2v) is 5.03. The van der Waals surface area contributed by atoms with Gasteiger partial charge in [-0.3, -0.25) is 0 Å². The third kappa shape index (κ3) is 3.14. The van der Waals surface area contributed by atoms with Crippen LogP contribution < -0.4 is 10.1 Å². The zero-order chi connectivity index (χ0) is 14.5. The van der Waals surface area contributed by atoms with Crippen LogP contribution in [0.4, 0.5) is 0 Å². The van der Waals surface area contributed by atoms with E-state index < -0.39 is 0 Å². The lowest BCUT2D eigenvalue weighted by Gasteiger charge is -2.20. The van der Waals surface area contributed by atoms with E-state index in [9.17, 15) is 0 Å². The van der Waals surface area contributed by atoms with E-state index in [2.05, 4.69) is 19.2 Å². The SMILES string of the molecule is CCC(CCO)NC(C)c1cc2cccc(OC)c2o1. The van der Waals surface area contributed by atoms with Gasteiger partial charge >= 0.3 is 0 Å². The first kappa shape index (κ1) is 14.9. The highest BCUT2D eigenvalue weighted by Crippen LogP contribution is 2.31. The van der Waals surface area contributed by atoms with Crippen molar-refractivity contribution in [3.63, 3.8) is 0 Å². The number of benzene rings is 1. The second-order valence-electron chi connectivity index (χ2n) is 5.03. The number of hydrogen-bond donors (Lipinski definition) is 2. The molecule has 4 heteroatoms. The van der Waals surface area contributed by atoms with E-state index in [0.717, 1.165) is 35.3 Å². The Morgan fingerprint density at radius 3 is 2.85 bits per heavy atom. The first-order chi connectivity index (χ1) is 9.69. The Balaban J connectivity index is 2.20. The lowest BCUT2D eigenvalue weighted by Crippen LogP contribution is -2.31. The fraction of sp³-hybridized carbons (Fsp3) is 0.500. The van der Waals surface area contributed by atoms with Gasteiger partial charge in [-0.15, -0.1) is 0 Å². The van der Waals surface area contributed by atoms with Crippen molar-refractivity contribution in [1.29, 1.82) is 0 Å². The fourth-order valence-corrected chi connectivity index (χ4v) is 2.43. The monoisotopic (exact) mass is 277 g/mol. The van der Waals surface area contributed by atoms with Crippen molar-refractivity contribution in [2.75, 3.05) is 13.7 Å². The van der Waals surface area contributed by atoms with Crippen LogP contribution in [0.2, 0.25) is 0 Å². The molecule has 110 valence electrons. The Morgan fingerprint density at radius 1 is 1.40 bits per heavy atom. The van der Waals surface area contributed by atoms with Gasteiger partial charge in [0.15, 0.2) is 11.3 Å². The van der Waals surface area contributed by atoms with Crippen molar-refractivity contribution in [3.8, 4) is 5.75 Å². The summed E-state index contributed by atoms with van der Waals surface area (Å²) in [5.74, 6) is 1.64. The molecule has 4 nitrogen and oxygen atoms in total. The summed E-state index contributed by atoms with van der Waals surface area (Å²) in [5.41, 5.74) is 0.786. The molecule has 2 atom stereocenters. The number of ether oxygens (including phenoxy) is 1. The topological polar surface area (TPSA) is 54.6 Å². The maximum atomic E-state index is 9.05. The molecule has 1 aromatic heterocycles. The van der Waals surface area contributed by atoms with Crippen molar-refractivity contribution in [2.45, 2.75) is 38.8 Å². The first-order valence-electron chi connectivity index (χ1n) is 7.13. The van der Waals surface area contributed by atoms with Crippen molar-refractivity contribution in [2.24, 2.45) is 0 Å². The molecular formula is C16H23NO3. The number of rotatable bonds is 7. The molecule has 0 bridgehead atoms. The Hall–Kier alpha value is -1.52. The number of para-hydroxylation sites is 1. The molecular weight excluding hydrogens is 254 g/mol. The smallest absolute Gasteiger partial charge is 0.176 e. The van der Waals surface area contributed by atoms with Crippen LogP contribution in [0.25, 0.3) is 11.0 Å². The number of furan rings is 1. The molecule has 20 heavy (non-hydrogen) atoms. The molecule has 0 aliphatic rings. The average Bonchev–Trinajstić information content (AvgIpc) is 2.90. The summed E-state index contributed by atoms with van der Waals surface area (Å²) in [6.07, 6.45) is 1.73. The molecule has 0 fully saturated rings. The Kier molecular flexibility index (Phi) is 5.04. The zero-order valence-electron chi connectivity index (χ0n) is 12.3. The van der Waals surface area contributed by atoms with Crippen LogP contribution in [-0.4, -0.2) is 24.9 Å². The summed E-state index contributed by atoms with van der Waals surface area (Å²) in [5, 5.41) is 13.6. The standard InChI is InChI=1S/C16H23NO3/c1-4-13(8-9-18)17-11(2)15-10-12-6-5-7-14(19-3)16(12)20-15/h5-7,10-11,13,17-18H,4,8-9H2,1-3H3. The maximum absolute atomic E-state index is 9.05. The predicted molar refractivity (Wildman–Crippen MR) is 80.1 cm³/mol. The Morgan fingerprint density at radius 2 is 2.20 bits per heavy atom. The van der Waals surface area contributed by atoms with Crippen LogP contribution in [0.3, 0.4) is 0 Å². The Bertz CT molecular complexity index is 550. The lowest BCUT2D eigenvalue weighted by molar-refractivity contribution is 0.253. The van der Waals surface area contributed by atoms with E-state index in [1.807, 2.05) is 24.3 Å². The molecule has 0 saturated heterocycles. The minimum Gasteiger partial charge on any atom is -0.493 e. The molecule has 0 amide bonds. The summed E-state index contributed by atoms with van der Waals surface area (Å²) in [4.78, 5) is 0. The summed E-state index contributed by atoms with van der Waals surface area (Å²) in [7, 11) is 1.65. The first-order valence-corrected chi connectivity index (χ1v) is 7.13. The number of aliphatic hydroxyl groups is 1. The number of hydrogen-bond acceptors (Lipinski definition) is 4. The number of methoxy groups -OCH3 is 1. The number of fused-ring (bicyclic) bond motifs is 1. The van der Waals surface area contributed by atoms with Crippen LogP contribution in [0.5, 0.6) is 5.75 Å². The van der Waals surface area contributed by atoms with Crippen molar-refractivity contribution >= 4 is 11.0 Å². The van der Waals surface area contributed by atoms with Gasteiger partial charge in [0.1, 0.15) is 5.76 Å². The normalized spacial score (nSPS) is 14.4. The summed E-state index contributed by atoms with van der Waals surface area (Å²) in [6.45, 7) is 4.39. The van der Waals surface area contributed by atoms with E-state index in [1.165, 1.54) is 0 Å². The van der Waals surface area contributed by atoms with Gasteiger partial charge in [-0.1, -0.05) is 19.1 Å². The molecule has 0 radical (unpaired) electrons. The van der Waals surface area contributed by atoms with Gasteiger partial charge < -0.3 is 19.6 Å².